The standard InChI is InChI=1S/C21H35N3O2S/c1-4-18(3)22-21(27)24(12-6-11-23-13-15-25-16-14-23)17-19-7-9-20(10-8-19)26-5-2/h7-10,18H,4-6,11-17H2,1-3H3,(H,22,27). The highest BCUT2D eigenvalue weighted by Crippen LogP contribution is 2.14. The third-order valence-corrected chi connectivity index (χ3v) is 5.26. The Labute approximate surface area is 170 Å². The molecule has 5 nitrogen and oxygen atoms in total. The summed E-state index contributed by atoms with van der Waals surface area (Å²) in [6.07, 6.45) is 2.16. The third-order valence-electron chi connectivity index (χ3n) is 4.88. The second kappa shape index (κ2) is 12.2. The average Bonchev–Trinajstić information content (AvgIpc) is 2.69. The van der Waals surface area contributed by atoms with E-state index in [-0.39, 0.29) is 0 Å². The molecule has 6 heteroatoms. The lowest BCUT2D eigenvalue weighted by molar-refractivity contribution is 0.0367. The molecule has 0 saturated carbocycles. The van der Waals surface area contributed by atoms with Crippen molar-refractivity contribution in [3.8, 4) is 5.75 Å². The van der Waals surface area contributed by atoms with Gasteiger partial charge in [-0.3, -0.25) is 4.90 Å². The number of hydrogen-bond acceptors (Lipinski definition) is 4. The van der Waals surface area contributed by atoms with Gasteiger partial charge in [0.15, 0.2) is 5.11 Å². The first-order chi connectivity index (χ1) is 13.1. The van der Waals surface area contributed by atoms with E-state index in [0.29, 0.717) is 12.6 Å². The molecule has 1 saturated heterocycles. The Morgan fingerprint density at radius 2 is 1.96 bits per heavy atom. The number of morpholine rings is 1. The van der Waals surface area contributed by atoms with Crippen molar-refractivity contribution in [2.24, 2.45) is 0 Å². The summed E-state index contributed by atoms with van der Waals surface area (Å²) in [4.78, 5) is 4.77. The zero-order valence-electron chi connectivity index (χ0n) is 17.1. The molecule has 0 radical (unpaired) electrons. The zero-order chi connectivity index (χ0) is 19.5. The lowest BCUT2D eigenvalue weighted by atomic mass is 10.2. The van der Waals surface area contributed by atoms with Crippen LogP contribution in [0.5, 0.6) is 5.75 Å². The molecule has 0 spiro atoms. The minimum absolute atomic E-state index is 0.388. The summed E-state index contributed by atoms with van der Waals surface area (Å²) in [6.45, 7) is 13.7. The number of nitrogens with zero attached hydrogens (tertiary/aromatic N) is 2. The van der Waals surface area contributed by atoms with E-state index in [4.69, 9.17) is 21.7 Å². The maximum Gasteiger partial charge on any atom is 0.169 e. The van der Waals surface area contributed by atoms with E-state index in [9.17, 15) is 0 Å². The van der Waals surface area contributed by atoms with Gasteiger partial charge < -0.3 is 19.7 Å². The third kappa shape index (κ3) is 8.03. The summed E-state index contributed by atoms with van der Waals surface area (Å²) in [5.74, 6) is 0.917. The molecular formula is C21H35N3O2S. The van der Waals surface area contributed by atoms with Crippen LogP contribution in [0.25, 0.3) is 0 Å². The van der Waals surface area contributed by atoms with Crippen molar-refractivity contribution in [1.29, 1.82) is 0 Å². The van der Waals surface area contributed by atoms with Crippen LogP contribution < -0.4 is 10.1 Å². The Balaban J connectivity index is 1.92. The molecule has 0 aliphatic carbocycles. The quantitative estimate of drug-likeness (QED) is 0.615. The summed E-state index contributed by atoms with van der Waals surface area (Å²) in [5.41, 5.74) is 1.25. The Morgan fingerprint density at radius 3 is 2.59 bits per heavy atom. The first-order valence-electron chi connectivity index (χ1n) is 10.2. The lowest BCUT2D eigenvalue weighted by Gasteiger charge is -2.30. The SMILES string of the molecule is CCOc1ccc(CN(CCCN2CCOCC2)C(=S)NC(C)CC)cc1. The second-order valence-electron chi connectivity index (χ2n) is 7.06. The predicted octanol–water partition coefficient (Wildman–Crippen LogP) is 3.28. The maximum absolute atomic E-state index is 5.71. The minimum Gasteiger partial charge on any atom is -0.494 e. The monoisotopic (exact) mass is 393 g/mol. The van der Waals surface area contributed by atoms with Crippen LogP contribution >= 0.6 is 12.2 Å². The van der Waals surface area contributed by atoms with E-state index in [1.807, 2.05) is 19.1 Å². The number of benzene rings is 1. The summed E-state index contributed by atoms with van der Waals surface area (Å²) in [7, 11) is 0. The average molecular weight is 394 g/mol. The number of thiocarbonyl (C=S) groups is 1. The molecule has 1 aromatic rings. The predicted molar refractivity (Wildman–Crippen MR) is 115 cm³/mol. The summed E-state index contributed by atoms with van der Waals surface area (Å²) in [6, 6.07) is 8.73. The molecule has 1 heterocycles. The molecule has 1 aliphatic rings. The maximum atomic E-state index is 5.71. The van der Waals surface area contributed by atoms with Crippen LogP contribution in [-0.2, 0) is 11.3 Å². The highest BCUT2D eigenvalue weighted by Gasteiger charge is 2.14. The number of hydrogen-bond donors (Lipinski definition) is 1. The Morgan fingerprint density at radius 1 is 1.26 bits per heavy atom. The van der Waals surface area contributed by atoms with Crippen molar-refractivity contribution < 1.29 is 9.47 Å². The van der Waals surface area contributed by atoms with Gasteiger partial charge in [-0.25, -0.2) is 0 Å². The number of nitrogens with one attached hydrogen (secondary N) is 1. The Kier molecular flexibility index (Phi) is 9.87. The van der Waals surface area contributed by atoms with Crippen LogP contribution in [0.3, 0.4) is 0 Å². The van der Waals surface area contributed by atoms with Crippen molar-refractivity contribution in [2.75, 3.05) is 46.0 Å². The topological polar surface area (TPSA) is 37.0 Å². The van der Waals surface area contributed by atoms with Gasteiger partial charge in [-0.15, -0.1) is 0 Å². The van der Waals surface area contributed by atoms with Crippen LogP contribution in [0, 0.1) is 0 Å². The smallest absolute Gasteiger partial charge is 0.169 e. The van der Waals surface area contributed by atoms with Gasteiger partial charge in [-0.05, 0) is 56.6 Å². The van der Waals surface area contributed by atoms with E-state index in [1.54, 1.807) is 0 Å². The molecule has 1 aromatic carbocycles. The second-order valence-corrected chi connectivity index (χ2v) is 7.45. The fraction of sp³-hybridized carbons (Fsp3) is 0.667. The Hall–Kier alpha value is -1.37. The van der Waals surface area contributed by atoms with Crippen LogP contribution in [-0.4, -0.2) is 67.0 Å². The largest absolute Gasteiger partial charge is 0.494 e. The molecule has 27 heavy (non-hydrogen) atoms. The molecule has 2 rings (SSSR count). The van der Waals surface area contributed by atoms with E-state index >= 15 is 0 Å². The van der Waals surface area contributed by atoms with Gasteiger partial charge >= 0.3 is 0 Å². The van der Waals surface area contributed by atoms with Crippen LogP contribution in [0.2, 0.25) is 0 Å². The van der Waals surface area contributed by atoms with Gasteiger partial charge in [0.2, 0.25) is 0 Å². The van der Waals surface area contributed by atoms with E-state index in [1.165, 1.54) is 5.56 Å². The van der Waals surface area contributed by atoms with Gasteiger partial charge in [-0.2, -0.15) is 0 Å². The first-order valence-corrected chi connectivity index (χ1v) is 10.6. The Bertz CT molecular complexity index is 547. The molecule has 0 bridgehead atoms. The van der Waals surface area contributed by atoms with Gasteiger partial charge in [0.25, 0.3) is 0 Å². The molecule has 1 atom stereocenters. The molecular weight excluding hydrogens is 358 g/mol. The fourth-order valence-electron chi connectivity index (χ4n) is 3.04. The normalized spacial score (nSPS) is 16.0. The molecule has 0 amide bonds. The minimum atomic E-state index is 0.388. The molecule has 1 N–H and O–H groups in total. The van der Waals surface area contributed by atoms with Crippen molar-refractivity contribution in [1.82, 2.24) is 15.1 Å². The summed E-state index contributed by atoms with van der Waals surface area (Å²) < 4.78 is 11.0. The first kappa shape index (κ1) is 21.9. The summed E-state index contributed by atoms with van der Waals surface area (Å²) in [5, 5.41) is 4.32. The molecule has 1 fully saturated rings. The van der Waals surface area contributed by atoms with Crippen LogP contribution in [0.4, 0.5) is 0 Å². The van der Waals surface area contributed by atoms with Gasteiger partial charge in [0.1, 0.15) is 5.75 Å². The highest BCUT2D eigenvalue weighted by molar-refractivity contribution is 7.80. The number of ether oxygens (including phenoxy) is 2. The molecule has 0 aromatic heterocycles. The molecule has 1 aliphatic heterocycles. The molecule has 152 valence electrons. The van der Waals surface area contributed by atoms with Crippen molar-refractivity contribution in [2.45, 2.75) is 46.2 Å². The van der Waals surface area contributed by atoms with E-state index in [0.717, 1.165) is 69.6 Å². The number of rotatable bonds is 10. The highest BCUT2D eigenvalue weighted by atomic mass is 32.1. The van der Waals surface area contributed by atoms with Gasteiger partial charge in [0.05, 0.1) is 19.8 Å². The van der Waals surface area contributed by atoms with E-state index < -0.39 is 0 Å². The van der Waals surface area contributed by atoms with Gasteiger partial charge in [-0.1, -0.05) is 19.1 Å². The van der Waals surface area contributed by atoms with Gasteiger partial charge in [0, 0.05) is 38.8 Å². The van der Waals surface area contributed by atoms with Crippen LogP contribution in [0.1, 0.15) is 39.2 Å². The zero-order valence-corrected chi connectivity index (χ0v) is 17.9. The van der Waals surface area contributed by atoms with Crippen LogP contribution in [0.15, 0.2) is 24.3 Å². The lowest BCUT2D eigenvalue weighted by Crippen LogP contribution is -2.44. The van der Waals surface area contributed by atoms with Crippen molar-refractivity contribution in [3.05, 3.63) is 29.8 Å². The molecule has 1 unspecified atom stereocenters. The fourth-order valence-corrected chi connectivity index (χ4v) is 3.40. The van der Waals surface area contributed by atoms with Crippen molar-refractivity contribution in [3.63, 3.8) is 0 Å². The van der Waals surface area contributed by atoms with Crippen molar-refractivity contribution >= 4 is 17.3 Å². The van der Waals surface area contributed by atoms with E-state index in [2.05, 4.69) is 41.1 Å². The summed E-state index contributed by atoms with van der Waals surface area (Å²) >= 11 is 5.71.